The Balaban J connectivity index is 2.38. The lowest BCUT2D eigenvalue weighted by atomic mass is 10.3. The number of hydrogen-bond donors (Lipinski definition) is 2. The Hall–Kier alpha value is -2.00. The average molecular weight is 254 g/mol. The number of hydrogen-bond acceptors (Lipinski definition) is 8. The number of anilines is 2. The molecule has 98 valence electrons. The second-order valence-corrected chi connectivity index (χ2v) is 3.81. The first-order valence-corrected chi connectivity index (χ1v) is 5.46. The number of ether oxygens (including phenoxy) is 1. The minimum atomic E-state index is -0.548. The van der Waals surface area contributed by atoms with Crippen LogP contribution in [0.15, 0.2) is 0 Å². The molecule has 1 aliphatic heterocycles. The molecular weight excluding hydrogens is 240 g/mol. The van der Waals surface area contributed by atoms with Gasteiger partial charge in [-0.25, -0.2) is 10.8 Å². The van der Waals surface area contributed by atoms with Crippen molar-refractivity contribution in [1.29, 1.82) is 0 Å². The van der Waals surface area contributed by atoms with Crippen molar-refractivity contribution in [1.82, 2.24) is 9.97 Å². The van der Waals surface area contributed by atoms with Gasteiger partial charge < -0.3 is 15.1 Å². The molecule has 1 aromatic rings. The standard InChI is InChI=1S/C9H14N6O3/c1-6-7(15(16)17)8(13-10)12-9(11-6)14-2-4-18-5-3-14/h2-5,10H2,1H3,(H,11,12,13). The fraction of sp³-hybridized carbons (Fsp3) is 0.556. The van der Waals surface area contributed by atoms with Gasteiger partial charge in [-0.3, -0.25) is 10.1 Å². The van der Waals surface area contributed by atoms with Gasteiger partial charge in [0.25, 0.3) is 0 Å². The zero-order valence-electron chi connectivity index (χ0n) is 9.92. The van der Waals surface area contributed by atoms with E-state index >= 15 is 0 Å². The Bertz CT molecular complexity index is 460. The monoisotopic (exact) mass is 254 g/mol. The van der Waals surface area contributed by atoms with Gasteiger partial charge in [0, 0.05) is 13.1 Å². The van der Waals surface area contributed by atoms with E-state index in [2.05, 4.69) is 15.4 Å². The maximum absolute atomic E-state index is 10.9. The van der Waals surface area contributed by atoms with Crippen LogP contribution < -0.4 is 16.2 Å². The Kier molecular flexibility index (Phi) is 3.53. The molecule has 0 aromatic carbocycles. The van der Waals surface area contributed by atoms with Crippen LogP contribution in [0.3, 0.4) is 0 Å². The number of aryl methyl sites for hydroxylation is 1. The van der Waals surface area contributed by atoms with Gasteiger partial charge in [0.1, 0.15) is 5.69 Å². The van der Waals surface area contributed by atoms with Crippen LogP contribution in [0.1, 0.15) is 5.69 Å². The summed E-state index contributed by atoms with van der Waals surface area (Å²) in [5, 5.41) is 10.9. The predicted molar refractivity (Wildman–Crippen MR) is 64.3 cm³/mol. The lowest BCUT2D eigenvalue weighted by molar-refractivity contribution is -0.385. The molecule has 3 N–H and O–H groups in total. The molecular formula is C9H14N6O3. The van der Waals surface area contributed by atoms with E-state index in [-0.39, 0.29) is 17.2 Å². The molecule has 0 unspecified atom stereocenters. The molecule has 0 bridgehead atoms. The number of nitrogens with one attached hydrogen (secondary N) is 1. The maximum atomic E-state index is 10.9. The molecule has 1 aliphatic rings. The summed E-state index contributed by atoms with van der Waals surface area (Å²) in [6.07, 6.45) is 0. The number of aromatic nitrogens is 2. The van der Waals surface area contributed by atoms with Gasteiger partial charge in [-0.05, 0) is 6.92 Å². The molecule has 1 aromatic heterocycles. The van der Waals surface area contributed by atoms with E-state index in [1.807, 2.05) is 4.90 Å². The van der Waals surface area contributed by atoms with Gasteiger partial charge in [-0.1, -0.05) is 0 Å². The predicted octanol–water partition coefficient (Wildman–Crippen LogP) is -0.185. The molecule has 0 aliphatic carbocycles. The summed E-state index contributed by atoms with van der Waals surface area (Å²) in [5.74, 6) is 5.72. The average Bonchev–Trinajstić information content (AvgIpc) is 2.38. The molecule has 2 heterocycles. The molecule has 1 fully saturated rings. The van der Waals surface area contributed by atoms with E-state index in [0.717, 1.165) is 0 Å². The van der Waals surface area contributed by atoms with E-state index in [4.69, 9.17) is 10.6 Å². The van der Waals surface area contributed by atoms with E-state index in [1.165, 1.54) is 0 Å². The molecule has 9 nitrogen and oxygen atoms in total. The highest BCUT2D eigenvalue weighted by Gasteiger charge is 2.24. The molecule has 0 atom stereocenters. The minimum absolute atomic E-state index is 0.0222. The van der Waals surface area contributed by atoms with E-state index < -0.39 is 4.92 Å². The summed E-state index contributed by atoms with van der Waals surface area (Å²) < 4.78 is 5.22. The van der Waals surface area contributed by atoms with Crippen LogP contribution in [-0.2, 0) is 4.74 Å². The van der Waals surface area contributed by atoms with Crippen molar-refractivity contribution in [2.75, 3.05) is 36.6 Å². The van der Waals surface area contributed by atoms with Crippen LogP contribution in [0.25, 0.3) is 0 Å². The molecule has 1 saturated heterocycles. The highest BCUT2D eigenvalue weighted by atomic mass is 16.6. The second-order valence-electron chi connectivity index (χ2n) is 3.81. The number of nitrogen functional groups attached to an aromatic ring is 1. The van der Waals surface area contributed by atoms with Crippen molar-refractivity contribution in [3.8, 4) is 0 Å². The highest BCUT2D eigenvalue weighted by molar-refractivity contribution is 5.60. The number of nitrogens with zero attached hydrogens (tertiary/aromatic N) is 4. The number of nitro groups is 1. The first-order valence-electron chi connectivity index (χ1n) is 5.46. The van der Waals surface area contributed by atoms with Gasteiger partial charge in [-0.15, -0.1) is 0 Å². The van der Waals surface area contributed by atoms with Crippen molar-refractivity contribution in [3.63, 3.8) is 0 Å². The van der Waals surface area contributed by atoms with Gasteiger partial charge in [0.2, 0.25) is 11.8 Å². The normalized spacial score (nSPS) is 15.6. The summed E-state index contributed by atoms with van der Waals surface area (Å²) in [4.78, 5) is 20.5. The minimum Gasteiger partial charge on any atom is -0.378 e. The molecule has 18 heavy (non-hydrogen) atoms. The van der Waals surface area contributed by atoms with Crippen LogP contribution in [0.4, 0.5) is 17.5 Å². The third-order valence-corrected chi connectivity index (χ3v) is 2.66. The van der Waals surface area contributed by atoms with Crippen LogP contribution in [0.2, 0.25) is 0 Å². The van der Waals surface area contributed by atoms with Gasteiger partial charge >= 0.3 is 5.69 Å². The third-order valence-electron chi connectivity index (χ3n) is 2.66. The molecule has 0 spiro atoms. The lowest BCUT2D eigenvalue weighted by Gasteiger charge is -2.27. The quantitative estimate of drug-likeness (QED) is 0.433. The first-order chi connectivity index (χ1) is 8.63. The summed E-state index contributed by atoms with van der Waals surface area (Å²) in [7, 11) is 0. The van der Waals surface area contributed by atoms with Crippen molar-refractivity contribution in [2.24, 2.45) is 5.84 Å². The SMILES string of the molecule is Cc1nc(N2CCOCC2)nc(NN)c1[N+](=O)[O-]. The van der Waals surface area contributed by atoms with E-state index in [0.29, 0.717) is 32.3 Å². The third kappa shape index (κ3) is 2.31. The second kappa shape index (κ2) is 5.10. The van der Waals surface area contributed by atoms with E-state index in [9.17, 15) is 10.1 Å². The summed E-state index contributed by atoms with van der Waals surface area (Å²) in [5.41, 5.74) is 2.33. The van der Waals surface area contributed by atoms with Crippen LogP contribution in [-0.4, -0.2) is 41.2 Å². The maximum Gasteiger partial charge on any atom is 0.333 e. The van der Waals surface area contributed by atoms with Gasteiger partial charge in [-0.2, -0.15) is 4.98 Å². The smallest absolute Gasteiger partial charge is 0.333 e. The Morgan fingerprint density at radius 1 is 1.44 bits per heavy atom. The molecule has 0 amide bonds. The fourth-order valence-corrected chi connectivity index (χ4v) is 1.78. The molecule has 0 saturated carbocycles. The van der Waals surface area contributed by atoms with Gasteiger partial charge in [0.05, 0.1) is 18.1 Å². The molecule has 2 rings (SSSR count). The lowest BCUT2D eigenvalue weighted by Crippen LogP contribution is -2.37. The Morgan fingerprint density at radius 3 is 2.67 bits per heavy atom. The number of hydrazine groups is 1. The largest absolute Gasteiger partial charge is 0.378 e. The summed E-state index contributed by atoms with van der Waals surface area (Å²) >= 11 is 0. The number of rotatable bonds is 3. The molecule has 9 heteroatoms. The van der Waals surface area contributed by atoms with Crippen LogP contribution in [0, 0.1) is 17.0 Å². The summed E-state index contributed by atoms with van der Waals surface area (Å²) in [6, 6.07) is 0. The Labute approximate surface area is 103 Å². The van der Waals surface area contributed by atoms with Crippen LogP contribution >= 0.6 is 0 Å². The van der Waals surface area contributed by atoms with E-state index in [1.54, 1.807) is 6.92 Å². The zero-order chi connectivity index (χ0) is 13.1. The van der Waals surface area contributed by atoms with Gasteiger partial charge in [0.15, 0.2) is 0 Å². The summed E-state index contributed by atoms with van der Waals surface area (Å²) in [6.45, 7) is 4.04. The molecule has 0 radical (unpaired) electrons. The number of nitrogens with two attached hydrogens (primary N) is 1. The zero-order valence-corrected chi connectivity index (χ0v) is 9.92. The van der Waals surface area contributed by atoms with Crippen molar-refractivity contribution in [3.05, 3.63) is 15.8 Å². The topological polar surface area (TPSA) is 119 Å². The fourth-order valence-electron chi connectivity index (χ4n) is 1.78. The van der Waals surface area contributed by atoms with Crippen LogP contribution in [0.5, 0.6) is 0 Å². The van der Waals surface area contributed by atoms with Crippen molar-refractivity contribution < 1.29 is 9.66 Å². The Morgan fingerprint density at radius 2 is 2.11 bits per heavy atom. The highest BCUT2D eigenvalue weighted by Crippen LogP contribution is 2.26. The first kappa shape index (κ1) is 12.5. The number of morpholine rings is 1. The van der Waals surface area contributed by atoms with Crippen molar-refractivity contribution in [2.45, 2.75) is 6.92 Å². The van der Waals surface area contributed by atoms with Crippen molar-refractivity contribution >= 4 is 17.5 Å².